The number of thioether (sulfide) groups is 1. The molecule has 1 aliphatic rings. The maximum absolute atomic E-state index is 12.6. The summed E-state index contributed by atoms with van der Waals surface area (Å²) in [5.74, 6) is 0.123. The van der Waals surface area contributed by atoms with E-state index in [0.29, 0.717) is 0 Å². The summed E-state index contributed by atoms with van der Waals surface area (Å²) in [6, 6.07) is 17.8. The van der Waals surface area contributed by atoms with E-state index in [1.165, 1.54) is 0 Å². The Morgan fingerprint density at radius 3 is 2.25 bits per heavy atom. The van der Waals surface area contributed by atoms with Crippen molar-refractivity contribution in [3.05, 3.63) is 70.6 Å². The minimum Gasteiger partial charge on any atom is -0.376 e. The first-order chi connectivity index (χ1) is 9.68. The molecule has 0 radical (unpaired) electrons. The molecule has 0 saturated carbocycles. The fraction of sp³-hybridized carbons (Fsp3) is 0.118. The zero-order chi connectivity index (χ0) is 14.1. The smallest absolute Gasteiger partial charge is 0.202 e. The zero-order valence-corrected chi connectivity index (χ0v) is 12.3. The van der Waals surface area contributed by atoms with E-state index < -0.39 is 0 Å². The fourth-order valence-electron chi connectivity index (χ4n) is 2.37. The number of carbonyl (C=O) groups excluding carboxylic acids is 1. The van der Waals surface area contributed by atoms with Crippen molar-refractivity contribution < 1.29 is 4.79 Å². The van der Waals surface area contributed by atoms with Gasteiger partial charge in [-0.3, -0.25) is 4.79 Å². The van der Waals surface area contributed by atoms with Crippen LogP contribution in [0.3, 0.4) is 0 Å². The van der Waals surface area contributed by atoms with Gasteiger partial charge in [-0.1, -0.05) is 54.2 Å². The minimum absolute atomic E-state index is 0.123. The fourth-order valence-corrected chi connectivity index (χ4v) is 3.60. The average Bonchev–Trinajstić information content (AvgIpc) is 2.78. The van der Waals surface area contributed by atoms with Gasteiger partial charge in [-0.15, -0.1) is 0 Å². The molecule has 0 aromatic heterocycles. The lowest BCUT2D eigenvalue weighted by Gasteiger charge is -2.19. The van der Waals surface area contributed by atoms with E-state index in [0.717, 1.165) is 26.6 Å². The third kappa shape index (κ3) is 2.14. The number of allylic oxidation sites excluding steroid dienone is 1. The van der Waals surface area contributed by atoms with E-state index in [9.17, 15) is 4.79 Å². The summed E-state index contributed by atoms with van der Waals surface area (Å²) in [4.78, 5) is 16.5. The van der Waals surface area contributed by atoms with E-state index in [1.54, 1.807) is 11.8 Å². The normalized spacial score (nSPS) is 16.0. The van der Waals surface area contributed by atoms with E-state index in [4.69, 9.17) is 0 Å². The highest BCUT2D eigenvalue weighted by Gasteiger charge is 2.29. The monoisotopic (exact) mass is 281 g/mol. The summed E-state index contributed by atoms with van der Waals surface area (Å²) in [6.45, 7) is 0. The molecule has 0 spiro atoms. The van der Waals surface area contributed by atoms with Crippen LogP contribution in [0.2, 0.25) is 0 Å². The van der Waals surface area contributed by atoms with Gasteiger partial charge in [0.2, 0.25) is 5.78 Å². The lowest BCUT2D eigenvalue weighted by atomic mass is 10.1. The van der Waals surface area contributed by atoms with Crippen molar-refractivity contribution in [1.29, 1.82) is 0 Å². The second-order valence-electron chi connectivity index (χ2n) is 4.87. The van der Waals surface area contributed by atoms with Crippen molar-refractivity contribution in [3.8, 4) is 0 Å². The number of rotatable bonds is 2. The maximum atomic E-state index is 12.6. The van der Waals surface area contributed by atoms with Crippen molar-refractivity contribution in [2.45, 2.75) is 4.90 Å². The topological polar surface area (TPSA) is 20.3 Å². The first-order valence-electron chi connectivity index (χ1n) is 6.47. The van der Waals surface area contributed by atoms with Crippen LogP contribution in [0.1, 0.15) is 15.9 Å². The number of Topliss-reactive ketones (excluding diaryl/α,β-unsaturated/α-hetero) is 1. The van der Waals surface area contributed by atoms with Gasteiger partial charge in [0.15, 0.2) is 0 Å². The number of hydrogen-bond acceptors (Lipinski definition) is 3. The lowest BCUT2D eigenvalue weighted by molar-refractivity contribution is 0.104. The Balaban J connectivity index is 2.16. The Hall–Kier alpha value is -2.00. The van der Waals surface area contributed by atoms with Crippen LogP contribution in [0.5, 0.6) is 0 Å². The molecule has 2 aromatic rings. The highest BCUT2D eigenvalue weighted by Crippen LogP contribution is 2.43. The standard InChI is InChI=1S/C17H15NOS/c1-18(2)15(12-8-4-3-5-9-12)17-16(19)13-10-6-7-11-14(13)20-17/h3-11H,1-2H3/b17-15-. The van der Waals surface area contributed by atoms with Gasteiger partial charge < -0.3 is 4.90 Å². The van der Waals surface area contributed by atoms with E-state index in [2.05, 4.69) is 0 Å². The van der Waals surface area contributed by atoms with Gasteiger partial charge in [-0.25, -0.2) is 0 Å². The second-order valence-corrected chi connectivity index (χ2v) is 5.92. The van der Waals surface area contributed by atoms with Crippen LogP contribution >= 0.6 is 11.8 Å². The van der Waals surface area contributed by atoms with Crippen LogP contribution < -0.4 is 0 Å². The van der Waals surface area contributed by atoms with Gasteiger partial charge in [0, 0.05) is 24.6 Å². The SMILES string of the molecule is CN(C)/C(=C1\Sc2ccccc2C1=O)c1ccccc1. The van der Waals surface area contributed by atoms with Crippen LogP contribution in [0, 0.1) is 0 Å². The first kappa shape index (κ1) is 13.0. The van der Waals surface area contributed by atoms with Gasteiger partial charge in [-0.05, 0) is 17.7 Å². The molecular formula is C17H15NOS. The predicted octanol–water partition coefficient (Wildman–Crippen LogP) is 3.91. The minimum atomic E-state index is 0.123. The van der Waals surface area contributed by atoms with Crippen molar-refractivity contribution >= 4 is 23.2 Å². The number of carbonyl (C=O) groups is 1. The molecule has 0 bridgehead atoms. The summed E-state index contributed by atoms with van der Waals surface area (Å²) in [5, 5.41) is 0. The Morgan fingerprint density at radius 2 is 1.60 bits per heavy atom. The summed E-state index contributed by atoms with van der Waals surface area (Å²) >= 11 is 1.56. The number of hydrogen-bond donors (Lipinski definition) is 0. The van der Waals surface area contributed by atoms with Gasteiger partial charge in [0.25, 0.3) is 0 Å². The third-order valence-electron chi connectivity index (χ3n) is 3.26. The third-order valence-corrected chi connectivity index (χ3v) is 4.42. The molecule has 0 atom stereocenters. The van der Waals surface area contributed by atoms with Crippen LogP contribution in [0.4, 0.5) is 0 Å². The molecule has 1 heterocycles. The Morgan fingerprint density at radius 1 is 0.950 bits per heavy atom. The van der Waals surface area contributed by atoms with Gasteiger partial charge >= 0.3 is 0 Å². The molecule has 0 fully saturated rings. The molecule has 20 heavy (non-hydrogen) atoms. The molecule has 2 nitrogen and oxygen atoms in total. The molecule has 2 aromatic carbocycles. The molecule has 0 unspecified atom stereocenters. The molecule has 0 N–H and O–H groups in total. The van der Waals surface area contributed by atoms with Crippen molar-refractivity contribution in [2.75, 3.05) is 14.1 Å². The predicted molar refractivity (Wildman–Crippen MR) is 83.7 cm³/mol. The zero-order valence-electron chi connectivity index (χ0n) is 11.5. The van der Waals surface area contributed by atoms with Gasteiger partial charge in [-0.2, -0.15) is 0 Å². The van der Waals surface area contributed by atoms with Gasteiger partial charge in [0.05, 0.1) is 10.6 Å². The summed E-state index contributed by atoms with van der Waals surface area (Å²) in [5.41, 5.74) is 2.86. The molecular weight excluding hydrogens is 266 g/mol. The number of nitrogens with zero attached hydrogens (tertiary/aromatic N) is 1. The molecule has 0 saturated heterocycles. The van der Waals surface area contributed by atoms with Crippen molar-refractivity contribution in [1.82, 2.24) is 4.90 Å². The van der Waals surface area contributed by atoms with Crippen LogP contribution in [0.15, 0.2) is 64.4 Å². The quantitative estimate of drug-likeness (QED) is 0.779. The summed E-state index contributed by atoms with van der Waals surface area (Å²) in [7, 11) is 3.96. The molecule has 3 heteroatoms. The largest absolute Gasteiger partial charge is 0.376 e. The maximum Gasteiger partial charge on any atom is 0.202 e. The van der Waals surface area contributed by atoms with E-state index in [-0.39, 0.29) is 5.78 Å². The Bertz CT molecular complexity index is 689. The van der Waals surface area contributed by atoms with Crippen molar-refractivity contribution in [2.24, 2.45) is 0 Å². The molecule has 0 amide bonds. The number of benzene rings is 2. The average molecular weight is 281 g/mol. The number of fused-ring (bicyclic) bond motifs is 1. The van der Waals surface area contributed by atoms with Crippen LogP contribution in [-0.2, 0) is 0 Å². The van der Waals surface area contributed by atoms with Crippen LogP contribution in [0.25, 0.3) is 5.70 Å². The molecule has 1 aliphatic heterocycles. The van der Waals surface area contributed by atoms with Gasteiger partial charge in [0.1, 0.15) is 0 Å². The van der Waals surface area contributed by atoms with E-state index >= 15 is 0 Å². The summed E-state index contributed by atoms with van der Waals surface area (Å²) < 4.78 is 0. The molecule has 100 valence electrons. The first-order valence-corrected chi connectivity index (χ1v) is 7.28. The highest BCUT2D eigenvalue weighted by molar-refractivity contribution is 8.05. The Kier molecular flexibility index (Phi) is 3.36. The Labute approximate surface area is 123 Å². The number of ketones is 1. The summed E-state index contributed by atoms with van der Waals surface area (Å²) in [6.07, 6.45) is 0. The second kappa shape index (κ2) is 5.17. The highest BCUT2D eigenvalue weighted by atomic mass is 32.2. The van der Waals surface area contributed by atoms with Crippen LogP contribution in [-0.4, -0.2) is 24.8 Å². The van der Waals surface area contributed by atoms with E-state index in [1.807, 2.05) is 73.6 Å². The molecule has 0 aliphatic carbocycles. The lowest BCUT2D eigenvalue weighted by Crippen LogP contribution is -2.13. The van der Waals surface area contributed by atoms with Crippen molar-refractivity contribution in [3.63, 3.8) is 0 Å². The molecule has 3 rings (SSSR count).